The molecule has 2 aromatic carbocycles. The molecule has 0 aliphatic rings. The largest absolute Gasteiger partial charge is 0.352 e. The summed E-state index contributed by atoms with van der Waals surface area (Å²) in [5, 5.41) is 5.38. The number of halogens is 2. The minimum Gasteiger partial charge on any atom is -0.352 e. The molecule has 0 bridgehead atoms. The van der Waals surface area contributed by atoms with Gasteiger partial charge in [0.1, 0.15) is 11.6 Å². The van der Waals surface area contributed by atoms with Crippen LogP contribution in [0.5, 0.6) is 0 Å². The van der Waals surface area contributed by atoms with Crippen LogP contribution in [-0.4, -0.2) is 18.4 Å². The summed E-state index contributed by atoms with van der Waals surface area (Å²) in [6.07, 6.45) is 0.401. The maximum absolute atomic E-state index is 13.5. The van der Waals surface area contributed by atoms with E-state index in [-0.39, 0.29) is 29.7 Å². The van der Waals surface area contributed by atoms with Gasteiger partial charge in [-0.05, 0) is 62.2 Å². The number of carbonyl (C=O) groups is 2. The summed E-state index contributed by atoms with van der Waals surface area (Å²) in [5.74, 6) is -1.94. The molecule has 4 nitrogen and oxygen atoms in total. The SMILES string of the molecule is C=C(CCNC(=O)c1ccc(C)c(F)c1)[C@@H](C)C(=O)Nc1ccc(F)cc1. The van der Waals surface area contributed by atoms with Crippen LogP contribution in [-0.2, 0) is 4.79 Å². The molecule has 0 spiro atoms. The van der Waals surface area contributed by atoms with Crippen molar-refractivity contribution in [3.63, 3.8) is 0 Å². The van der Waals surface area contributed by atoms with Gasteiger partial charge < -0.3 is 10.6 Å². The summed E-state index contributed by atoms with van der Waals surface area (Å²) in [6, 6.07) is 9.77. The Hall–Kier alpha value is -3.02. The first-order valence-corrected chi connectivity index (χ1v) is 8.56. The zero-order valence-corrected chi connectivity index (χ0v) is 15.3. The van der Waals surface area contributed by atoms with Crippen molar-refractivity contribution in [3.8, 4) is 0 Å². The molecule has 0 aliphatic heterocycles. The van der Waals surface area contributed by atoms with Crippen LogP contribution in [0, 0.1) is 24.5 Å². The lowest BCUT2D eigenvalue weighted by atomic mass is 9.98. The number of benzene rings is 2. The Kier molecular flexibility index (Phi) is 6.82. The van der Waals surface area contributed by atoms with E-state index in [1.807, 2.05) is 0 Å². The van der Waals surface area contributed by atoms with E-state index in [1.165, 1.54) is 30.3 Å². The summed E-state index contributed by atoms with van der Waals surface area (Å²) in [6.45, 7) is 7.50. The molecular formula is C21H22F2N2O2. The van der Waals surface area contributed by atoms with Crippen LogP contribution in [0.4, 0.5) is 14.5 Å². The molecule has 0 radical (unpaired) electrons. The zero-order chi connectivity index (χ0) is 20.0. The molecule has 0 fully saturated rings. The molecule has 0 aromatic heterocycles. The predicted octanol–water partition coefficient (Wildman–Crippen LogP) is 4.22. The Labute approximate surface area is 157 Å². The van der Waals surface area contributed by atoms with Gasteiger partial charge in [0.05, 0.1) is 5.92 Å². The lowest BCUT2D eigenvalue weighted by Gasteiger charge is -2.15. The van der Waals surface area contributed by atoms with Gasteiger partial charge in [-0.1, -0.05) is 18.2 Å². The molecule has 2 N–H and O–H groups in total. The molecule has 27 heavy (non-hydrogen) atoms. The van der Waals surface area contributed by atoms with Crippen molar-refractivity contribution in [3.05, 3.63) is 77.4 Å². The molecule has 0 saturated carbocycles. The molecule has 2 amide bonds. The lowest BCUT2D eigenvalue weighted by molar-refractivity contribution is -0.118. The topological polar surface area (TPSA) is 58.2 Å². The van der Waals surface area contributed by atoms with Crippen LogP contribution < -0.4 is 10.6 Å². The fourth-order valence-electron chi connectivity index (χ4n) is 2.36. The average molecular weight is 372 g/mol. The average Bonchev–Trinajstić information content (AvgIpc) is 2.64. The Morgan fingerprint density at radius 3 is 2.41 bits per heavy atom. The monoisotopic (exact) mass is 372 g/mol. The van der Waals surface area contributed by atoms with Gasteiger partial charge in [0.25, 0.3) is 5.91 Å². The number of aryl methyl sites for hydroxylation is 1. The normalized spacial score (nSPS) is 11.6. The van der Waals surface area contributed by atoms with Crippen LogP contribution >= 0.6 is 0 Å². The lowest BCUT2D eigenvalue weighted by Crippen LogP contribution is -2.27. The number of carbonyl (C=O) groups excluding carboxylic acids is 2. The van der Waals surface area contributed by atoms with E-state index in [4.69, 9.17) is 0 Å². The summed E-state index contributed by atoms with van der Waals surface area (Å²) < 4.78 is 26.4. The van der Waals surface area contributed by atoms with E-state index in [0.717, 1.165) is 0 Å². The summed E-state index contributed by atoms with van der Waals surface area (Å²) >= 11 is 0. The molecule has 1 atom stereocenters. The fraction of sp³-hybridized carbons (Fsp3) is 0.238. The van der Waals surface area contributed by atoms with Gasteiger partial charge in [0.15, 0.2) is 0 Å². The van der Waals surface area contributed by atoms with Crippen LogP contribution in [0.1, 0.15) is 29.3 Å². The fourth-order valence-corrected chi connectivity index (χ4v) is 2.36. The first-order valence-electron chi connectivity index (χ1n) is 8.56. The standard InChI is InChI=1S/C21H22F2N2O2/c1-13(15(3)20(26)25-18-8-6-17(22)7-9-18)10-11-24-21(27)16-5-4-14(2)19(23)12-16/h4-9,12,15H,1,10-11H2,2-3H3,(H,24,27)(H,25,26)/t15-/m1/s1. The second kappa shape index (κ2) is 9.07. The molecule has 142 valence electrons. The van der Waals surface area contributed by atoms with Crippen molar-refractivity contribution in [1.82, 2.24) is 5.32 Å². The third kappa shape index (κ3) is 5.74. The van der Waals surface area contributed by atoms with Gasteiger partial charge in [0.2, 0.25) is 5.91 Å². The van der Waals surface area contributed by atoms with Crippen molar-refractivity contribution >= 4 is 17.5 Å². The Balaban J connectivity index is 1.81. The van der Waals surface area contributed by atoms with Crippen molar-refractivity contribution in [2.45, 2.75) is 20.3 Å². The van der Waals surface area contributed by atoms with E-state index in [9.17, 15) is 18.4 Å². The molecule has 2 aromatic rings. The van der Waals surface area contributed by atoms with Crippen molar-refractivity contribution < 1.29 is 18.4 Å². The molecule has 0 unspecified atom stereocenters. The second-order valence-corrected chi connectivity index (χ2v) is 6.35. The van der Waals surface area contributed by atoms with E-state index in [0.29, 0.717) is 23.2 Å². The van der Waals surface area contributed by atoms with E-state index < -0.39 is 11.7 Å². The third-order valence-corrected chi connectivity index (χ3v) is 4.28. The van der Waals surface area contributed by atoms with Crippen LogP contribution in [0.3, 0.4) is 0 Å². The van der Waals surface area contributed by atoms with Gasteiger partial charge in [0, 0.05) is 17.8 Å². The van der Waals surface area contributed by atoms with E-state index >= 15 is 0 Å². The molecule has 0 heterocycles. The number of amides is 2. The maximum atomic E-state index is 13.5. The number of nitrogens with one attached hydrogen (secondary N) is 2. The Morgan fingerprint density at radius 2 is 1.78 bits per heavy atom. The second-order valence-electron chi connectivity index (χ2n) is 6.35. The quantitative estimate of drug-likeness (QED) is 0.715. The third-order valence-electron chi connectivity index (χ3n) is 4.28. The van der Waals surface area contributed by atoms with Crippen LogP contribution in [0.15, 0.2) is 54.6 Å². The summed E-state index contributed by atoms with van der Waals surface area (Å²) in [7, 11) is 0. The highest BCUT2D eigenvalue weighted by Crippen LogP contribution is 2.16. The van der Waals surface area contributed by atoms with Gasteiger partial charge in [-0.15, -0.1) is 0 Å². The highest BCUT2D eigenvalue weighted by atomic mass is 19.1. The van der Waals surface area contributed by atoms with Gasteiger partial charge in [-0.3, -0.25) is 9.59 Å². The van der Waals surface area contributed by atoms with Crippen molar-refractivity contribution in [2.75, 3.05) is 11.9 Å². The Bertz CT molecular complexity index is 848. The van der Waals surface area contributed by atoms with Gasteiger partial charge in [-0.25, -0.2) is 8.78 Å². The van der Waals surface area contributed by atoms with Gasteiger partial charge in [-0.2, -0.15) is 0 Å². The first kappa shape index (κ1) is 20.3. The van der Waals surface area contributed by atoms with Crippen molar-refractivity contribution in [2.24, 2.45) is 5.92 Å². The first-order chi connectivity index (χ1) is 12.8. The smallest absolute Gasteiger partial charge is 0.251 e. The number of rotatable bonds is 7. The predicted molar refractivity (Wildman–Crippen MR) is 101 cm³/mol. The maximum Gasteiger partial charge on any atom is 0.251 e. The molecule has 0 aliphatic carbocycles. The number of hydrogen-bond donors (Lipinski definition) is 2. The van der Waals surface area contributed by atoms with Crippen molar-refractivity contribution in [1.29, 1.82) is 0 Å². The molecule has 0 saturated heterocycles. The summed E-state index contributed by atoms with van der Waals surface area (Å²) in [4.78, 5) is 24.3. The minimum absolute atomic E-state index is 0.241. The van der Waals surface area contributed by atoms with Gasteiger partial charge >= 0.3 is 0 Å². The zero-order valence-electron chi connectivity index (χ0n) is 15.3. The highest BCUT2D eigenvalue weighted by Gasteiger charge is 2.17. The molecule has 2 rings (SSSR count). The van der Waals surface area contributed by atoms with Crippen LogP contribution in [0.25, 0.3) is 0 Å². The van der Waals surface area contributed by atoms with E-state index in [1.54, 1.807) is 26.0 Å². The number of hydrogen-bond acceptors (Lipinski definition) is 2. The Morgan fingerprint density at radius 1 is 1.11 bits per heavy atom. The summed E-state index contributed by atoms with van der Waals surface area (Å²) in [5.41, 5.74) is 1.85. The van der Waals surface area contributed by atoms with E-state index in [2.05, 4.69) is 17.2 Å². The highest BCUT2D eigenvalue weighted by molar-refractivity contribution is 5.95. The van der Waals surface area contributed by atoms with Crippen LogP contribution in [0.2, 0.25) is 0 Å². The molecule has 6 heteroatoms. The minimum atomic E-state index is -0.483. The number of anilines is 1. The molecular weight excluding hydrogens is 350 g/mol.